The normalized spacial score (nSPS) is 13.0. The Morgan fingerprint density at radius 1 is 0.423 bits per heavy atom. The number of hydrogen-bond acceptors (Lipinski definition) is 2. The predicted octanol–water partition coefficient (Wildman–Crippen LogP) is 12.5. The Hall–Kier alpha value is -6.58. The van der Waals surface area contributed by atoms with E-state index in [0.29, 0.717) is 0 Å². The van der Waals surface area contributed by atoms with Crippen LogP contribution in [0.1, 0.15) is 25.0 Å². The molecule has 0 saturated heterocycles. The number of hydrogen-bond donors (Lipinski definition) is 0. The SMILES string of the molecule is CC1(C)c2ccccc2-c2nc(-c3ccc(-n4c5ccccc5c5ccccc54)cc3)nc(-c3cc(-c4ccccc4)cc(-c4ccccc4)c3)c21. The number of rotatable bonds is 5. The summed E-state index contributed by atoms with van der Waals surface area (Å²) in [6.45, 7) is 4.62. The van der Waals surface area contributed by atoms with E-state index in [1.807, 2.05) is 0 Å². The molecule has 0 amide bonds. The summed E-state index contributed by atoms with van der Waals surface area (Å²) in [4.78, 5) is 10.9. The van der Waals surface area contributed by atoms with Crippen molar-refractivity contribution in [3.05, 3.63) is 187 Å². The summed E-state index contributed by atoms with van der Waals surface area (Å²) in [7, 11) is 0. The minimum Gasteiger partial charge on any atom is -0.309 e. The third kappa shape index (κ3) is 4.74. The zero-order valence-electron chi connectivity index (χ0n) is 29.1. The van der Waals surface area contributed by atoms with Gasteiger partial charge in [0.15, 0.2) is 5.82 Å². The fraction of sp³-hybridized carbons (Fsp3) is 0.0612. The van der Waals surface area contributed by atoms with Gasteiger partial charge in [-0.1, -0.05) is 135 Å². The largest absolute Gasteiger partial charge is 0.309 e. The van der Waals surface area contributed by atoms with Crippen LogP contribution in [-0.2, 0) is 5.41 Å². The standard InChI is InChI=1S/C49H35N3/c1-49(2)42-22-12-9-21-41(42)47-45(49)46(37-30-35(32-15-5-3-6-16-32)29-36(31-37)33-17-7-4-8-18-33)50-48(51-47)34-25-27-38(28-26-34)52-43-23-13-10-19-39(43)40-20-11-14-24-44(40)52/h3-31H,1-2H3. The number of para-hydroxylation sites is 2. The summed E-state index contributed by atoms with van der Waals surface area (Å²) < 4.78 is 2.35. The minimum atomic E-state index is -0.282. The molecule has 0 fully saturated rings. The molecule has 52 heavy (non-hydrogen) atoms. The first-order valence-corrected chi connectivity index (χ1v) is 17.9. The van der Waals surface area contributed by atoms with Crippen LogP contribution in [0, 0.1) is 0 Å². The van der Waals surface area contributed by atoms with Crippen molar-refractivity contribution in [1.29, 1.82) is 0 Å². The molecule has 1 aliphatic carbocycles. The first-order valence-electron chi connectivity index (χ1n) is 17.9. The average molecular weight is 666 g/mol. The van der Waals surface area contributed by atoms with E-state index in [-0.39, 0.29) is 5.41 Å². The summed E-state index contributed by atoms with van der Waals surface area (Å²) in [6, 6.07) is 62.9. The molecule has 0 N–H and O–H groups in total. The van der Waals surface area contributed by atoms with Crippen LogP contribution in [0.15, 0.2) is 176 Å². The third-order valence-corrected chi connectivity index (χ3v) is 10.8. The molecule has 2 heterocycles. The van der Waals surface area contributed by atoms with Gasteiger partial charge in [-0.25, -0.2) is 9.97 Å². The highest BCUT2D eigenvalue weighted by molar-refractivity contribution is 6.09. The molecule has 0 bridgehead atoms. The van der Waals surface area contributed by atoms with Gasteiger partial charge < -0.3 is 4.57 Å². The highest BCUT2D eigenvalue weighted by Crippen LogP contribution is 2.52. The number of nitrogens with zero attached hydrogens (tertiary/aromatic N) is 3. The Labute approximate surface area is 303 Å². The molecule has 3 heteroatoms. The Kier molecular flexibility index (Phi) is 6.84. The maximum absolute atomic E-state index is 5.51. The van der Waals surface area contributed by atoms with Gasteiger partial charge in [0.05, 0.1) is 22.4 Å². The minimum absolute atomic E-state index is 0.282. The van der Waals surface area contributed by atoms with E-state index < -0.39 is 0 Å². The molecule has 0 radical (unpaired) electrons. The number of aromatic nitrogens is 3. The first-order chi connectivity index (χ1) is 25.5. The van der Waals surface area contributed by atoms with Crippen LogP contribution in [0.3, 0.4) is 0 Å². The molecule has 2 aromatic heterocycles. The van der Waals surface area contributed by atoms with Gasteiger partial charge in [0, 0.05) is 44.1 Å². The Morgan fingerprint density at radius 2 is 0.923 bits per heavy atom. The van der Waals surface area contributed by atoms with E-state index in [2.05, 4.69) is 194 Å². The van der Waals surface area contributed by atoms with Gasteiger partial charge in [-0.3, -0.25) is 0 Å². The zero-order chi connectivity index (χ0) is 34.8. The average Bonchev–Trinajstić information content (AvgIpc) is 3.67. The van der Waals surface area contributed by atoms with Crippen LogP contribution in [0.5, 0.6) is 0 Å². The Bertz CT molecular complexity index is 2680. The summed E-state index contributed by atoms with van der Waals surface area (Å²) in [5, 5.41) is 2.50. The van der Waals surface area contributed by atoms with Crippen LogP contribution in [-0.4, -0.2) is 14.5 Å². The molecule has 0 saturated carbocycles. The van der Waals surface area contributed by atoms with Gasteiger partial charge in [0.2, 0.25) is 0 Å². The fourth-order valence-electron chi connectivity index (χ4n) is 8.27. The van der Waals surface area contributed by atoms with Crippen molar-refractivity contribution in [1.82, 2.24) is 14.5 Å². The second-order valence-corrected chi connectivity index (χ2v) is 14.2. The van der Waals surface area contributed by atoms with Gasteiger partial charge in [0.25, 0.3) is 0 Å². The van der Waals surface area contributed by atoms with Gasteiger partial charge in [-0.05, 0) is 82.4 Å². The topological polar surface area (TPSA) is 30.7 Å². The van der Waals surface area contributed by atoms with Gasteiger partial charge >= 0.3 is 0 Å². The maximum atomic E-state index is 5.51. The molecule has 0 aliphatic heterocycles. The van der Waals surface area contributed by atoms with E-state index in [9.17, 15) is 0 Å². The lowest BCUT2D eigenvalue weighted by Gasteiger charge is -2.24. The summed E-state index contributed by atoms with van der Waals surface area (Å²) in [5.41, 5.74) is 15.6. The molecule has 7 aromatic carbocycles. The van der Waals surface area contributed by atoms with Crippen LogP contribution >= 0.6 is 0 Å². The molecule has 1 aliphatic rings. The summed E-state index contributed by atoms with van der Waals surface area (Å²) >= 11 is 0. The van der Waals surface area contributed by atoms with Crippen molar-refractivity contribution in [3.8, 4) is 61.8 Å². The fourth-order valence-corrected chi connectivity index (χ4v) is 8.27. The lowest BCUT2D eigenvalue weighted by Crippen LogP contribution is -2.17. The third-order valence-electron chi connectivity index (χ3n) is 10.8. The van der Waals surface area contributed by atoms with Crippen LogP contribution in [0.25, 0.3) is 83.6 Å². The molecular weight excluding hydrogens is 631 g/mol. The quantitative estimate of drug-likeness (QED) is 0.183. The van der Waals surface area contributed by atoms with Crippen molar-refractivity contribution in [2.24, 2.45) is 0 Å². The van der Waals surface area contributed by atoms with E-state index in [1.165, 1.54) is 49.6 Å². The van der Waals surface area contributed by atoms with Crippen molar-refractivity contribution >= 4 is 21.8 Å². The highest BCUT2D eigenvalue weighted by Gasteiger charge is 2.40. The van der Waals surface area contributed by atoms with E-state index in [4.69, 9.17) is 9.97 Å². The van der Waals surface area contributed by atoms with Gasteiger partial charge in [-0.2, -0.15) is 0 Å². The lowest BCUT2D eigenvalue weighted by molar-refractivity contribution is 0.658. The van der Waals surface area contributed by atoms with E-state index >= 15 is 0 Å². The number of benzene rings is 7. The molecule has 0 unspecified atom stereocenters. The molecule has 3 nitrogen and oxygen atoms in total. The zero-order valence-corrected chi connectivity index (χ0v) is 29.1. The second kappa shape index (κ2) is 11.8. The molecule has 0 spiro atoms. The molecule has 246 valence electrons. The van der Waals surface area contributed by atoms with Crippen LogP contribution in [0.4, 0.5) is 0 Å². The van der Waals surface area contributed by atoms with Crippen molar-refractivity contribution < 1.29 is 0 Å². The lowest BCUT2D eigenvalue weighted by atomic mass is 9.80. The van der Waals surface area contributed by atoms with E-state index in [1.54, 1.807) is 0 Å². The van der Waals surface area contributed by atoms with Crippen LogP contribution in [0.2, 0.25) is 0 Å². The Balaban J connectivity index is 1.19. The van der Waals surface area contributed by atoms with E-state index in [0.717, 1.165) is 45.2 Å². The van der Waals surface area contributed by atoms with Crippen molar-refractivity contribution in [2.75, 3.05) is 0 Å². The van der Waals surface area contributed by atoms with Gasteiger partial charge in [-0.15, -0.1) is 0 Å². The van der Waals surface area contributed by atoms with Gasteiger partial charge in [0.1, 0.15) is 0 Å². The Morgan fingerprint density at radius 3 is 1.54 bits per heavy atom. The predicted molar refractivity (Wildman–Crippen MR) is 216 cm³/mol. The molecule has 10 rings (SSSR count). The summed E-state index contributed by atoms with van der Waals surface area (Å²) in [5.74, 6) is 0.724. The second-order valence-electron chi connectivity index (χ2n) is 14.2. The smallest absolute Gasteiger partial charge is 0.160 e. The van der Waals surface area contributed by atoms with Crippen LogP contribution < -0.4 is 0 Å². The number of fused-ring (bicyclic) bond motifs is 6. The molecule has 0 atom stereocenters. The molecule has 9 aromatic rings. The monoisotopic (exact) mass is 665 g/mol. The molecular formula is C49H35N3. The highest BCUT2D eigenvalue weighted by atomic mass is 15.0. The first kappa shape index (κ1) is 30.3. The summed E-state index contributed by atoms with van der Waals surface area (Å²) in [6.07, 6.45) is 0. The van der Waals surface area contributed by atoms with Crippen molar-refractivity contribution in [2.45, 2.75) is 19.3 Å². The van der Waals surface area contributed by atoms with Crippen molar-refractivity contribution in [3.63, 3.8) is 0 Å². The maximum Gasteiger partial charge on any atom is 0.160 e.